The molecule has 0 spiro atoms. The molecule has 0 fully saturated rings. The molecule has 0 unspecified atom stereocenters. The van der Waals surface area contributed by atoms with E-state index < -0.39 is 6.04 Å². The summed E-state index contributed by atoms with van der Waals surface area (Å²) in [5.74, 6) is 0.457. The van der Waals surface area contributed by atoms with Gasteiger partial charge in [0.05, 0.1) is 12.7 Å². The summed E-state index contributed by atoms with van der Waals surface area (Å²) < 4.78 is 10.4. The fraction of sp³-hybridized carbons (Fsp3) is 0.500. The monoisotopic (exact) mass is 251 g/mol. The van der Waals surface area contributed by atoms with Gasteiger partial charge < -0.3 is 15.2 Å². The summed E-state index contributed by atoms with van der Waals surface area (Å²) in [7, 11) is 0. The fourth-order valence-electron chi connectivity index (χ4n) is 1.56. The van der Waals surface area contributed by atoms with Gasteiger partial charge in [-0.2, -0.15) is 0 Å². The second-order valence-corrected chi connectivity index (χ2v) is 4.37. The highest BCUT2D eigenvalue weighted by Gasteiger charge is 2.14. The fourth-order valence-corrected chi connectivity index (χ4v) is 1.56. The molecule has 18 heavy (non-hydrogen) atoms. The van der Waals surface area contributed by atoms with Gasteiger partial charge in [0.25, 0.3) is 0 Å². The number of nitrogens with two attached hydrogens (primary N) is 1. The van der Waals surface area contributed by atoms with Gasteiger partial charge in [0, 0.05) is 0 Å². The summed E-state index contributed by atoms with van der Waals surface area (Å²) >= 11 is 0. The van der Waals surface area contributed by atoms with E-state index in [9.17, 15) is 4.79 Å². The average Bonchev–Trinajstić information content (AvgIpc) is 2.31. The van der Waals surface area contributed by atoms with E-state index in [2.05, 4.69) is 0 Å². The summed E-state index contributed by atoms with van der Waals surface area (Å²) in [4.78, 5) is 11.4. The number of hydrogen-bond donors (Lipinski definition) is 1. The Hall–Kier alpha value is -1.55. The number of carbonyl (C=O) groups excluding carboxylic acids is 1. The van der Waals surface area contributed by atoms with Crippen molar-refractivity contribution < 1.29 is 14.3 Å². The Bertz CT molecular complexity index is 373. The van der Waals surface area contributed by atoms with Gasteiger partial charge in [-0.05, 0) is 44.9 Å². The summed E-state index contributed by atoms with van der Waals surface area (Å²) in [6, 6.07) is 6.98. The molecule has 100 valence electrons. The van der Waals surface area contributed by atoms with E-state index >= 15 is 0 Å². The van der Waals surface area contributed by atoms with Crippen LogP contribution >= 0.6 is 0 Å². The van der Waals surface area contributed by atoms with Crippen LogP contribution in [0.1, 0.15) is 26.3 Å². The zero-order valence-electron chi connectivity index (χ0n) is 11.2. The lowest BCUT2D eigenvalue weighted by molar-refractivity contribution is -0.144. The Morgan fingerprint density at radius 2 is 1.89 bits per heavy atom. The molecule has 1 atom stereocenters. The third-order valence-electron chi connectivity index (χ3n) is 2.34. The van der Waals surface area contributed by atoms with Crippen molar-refractivity contribution in [1.29, 1.82) is 0 Å². The minimum Gasteiger partial charge on any atom is -0.491 e. The van der Waals surface area contributed by atoms with Crippen molar-refractivity contribution in [2.75, 3.05) is 6.61 Å². The van der Waals surface area contributed by atoms with Gasteiger partial charge >= 0.3 is 5.97 Å². The summed E-state index contributed by atoms with van der Waals surface area (Å²) in [5.41, 5.74) is 6.74. The Balaban J connectivity index is 2.55. The largest absolute Gasteiger partial charge is 0.491 e. The minimum absolute atomic E-state index is 0.151. The molecule has 0 saturated heterocycles. The Labute approximate surface area is 108 Å². The smallest absolute Gasteiger partial charge is 0.323 e. The topological polar surface area (TPSA) is 61.5 Å². The number of rotatable bonds is 6. The molecular weight excluding hydrogens is 230 g/mol. The Morgan fingerprint density at radius 1 is 1.28 bits per heavy atom. The summed E-state index contributed by atoms with van der Waals surface area (Å²) in [6.45, 7) is 6.07. The first kappa shape index (κ1) is 14.5. The lowest BCUT2D eigenvalue weighted by atomic mass is 10.1. The molecule has 0 bridgehead atoms. The first-order chi connectivity index (χ1) is 8.52. The molecule has 0 saturated carbocycles. The molecule has 0 aliphatic heterocycles. The molecule has 0 aliphatic rings. The highest BCUT2D eigenvalue weighted by molar-refractivity contribution is 5.75. The molecule has 0 radical (unpaired) electrons. The van der Waals surface area contributed by atoms with Crippen molar-refractivity contribution in [3.05, 3.63) is 29.8 Å². The van der Waals surface area contributed by atoms with Crippen LogP contribution in [-0.4, -0.2) is 24.7 Å². The molecule has 1 rings (SSSR count). The van der Waals surface area contributed by atoms with Crippen LogP contribution in [0.15, 0.2) is 24.3 Å². The number of esters is 1. The van der Waals surface area contributed by atoms with E-state index in [1.54, 1.807) is 6.92 Å². The predicted octanol–water partition coefficient (Wildman–Crippen LogP) is 1.91. The second-order valence-electron chi connectivity index (χ2n) is 4.37. The van der Waals surface area contributed by atoms with Crippen molar-refractivity contribution in [2.24, 2.45) is 5.73 Å². The van der Waals surface area contributed by atoms with Crippen molar-refractivity contribution >= 4 is 5.97 Å². The van der Waals surface area contributed by atoms with Crippen LogP contribution in [0.25, 0.3) is 0 Å². The third kappa shape index (κ3) is 4.75. The maximum atomic E-state index is 11.4. The van der Waals surface area contributed by atoms with Crippen LogP contribution < -0.4 is 10.5 Å². The highest BCUT2D eigenvalue weighted by atomic mass is 16.5. The molecule has 0 aliphatic carbocycles. The van der Waals surface area contributed by atoms with Crippen molar-refractivity contribution in [3.63, 3.8) is 0 Å². The van der Waals surface area contributed by atoms with Gasteiger partial charge in [-0.3, -0.25) is 4.79 Å². The summed E-state index contributed by atoms with van der Waals surface area (Å²) in [6.07, 6.45) is 0.624. The molecule has 4 heteroatoms. The van der Waals surface area contributed by atoms with Crippen LogP contribution in [-0.2, 0) is 16.0 Å². The molecule has 1 aromatic carbocycles. The number of ether oxygens (including phenoxy) is 2. The molecule has 0 heterocycles. The predicted molar refractivity (Wildman–Crippen MR) is 70.5 cm³/mol. The first-order valence-electron chi connectivity index (χ1n) is 6.20. The van der Waals surface area contributed by atoms with E-state index in [0.29, 0.717) is 13.0 Å². The average molecular weight is 251 g/mol. The molecular formula is C14H21NO3. The zero-order chi connectivity index (χ0) is 13.5. The Morgan fingerprint density at radius 3 is 2.39 bits per heavy atom. The van der Waals surface area contributed by atoms with E-state index in [-0.39, 0.29) is 12.1 Å². The van der Waals surface area contributed by atoms with Crippen molar-refractivity contribution in [1.82, 2.24) is 0 Å². The van der Waals surface area contributed by atoms with Crippen LogP contribution in [0.5, 0.6) is 5.75 Å². The van der Waals surface area contributed by atoms with Gasteiger partial charge in [-0.25, -0.2) is 0 Å². The van der Waals surface area contributed by atoms with Crippen LogP contribution in [0.4, 0.5) is 0 Å². The maximum absolute atomic E-state index is 11.4. The molecule has 0 amide bonds. The lowest BCUT2D eigenvalue weighted by Crippen LogP contribution is -2.34. The van der Waals surface area contributed by atoms with E-state index in [4.69, 9.17) is 15.2 Å². The zero-order valence-corrected chi connectivity index (χ0v) is 11.2. The van der Waals surface area contributed by atoms with Gasteiger partial charge in [0.2, 0.25) is 0 Å². The molecule has 0 aromatic heterocycles. The minimum atomic E-state index is -0.609. The lowest BCUT2D eigenvalue weighted by Gasteiger charge is -2.12. The third-order valence-corrected chi connectivity index (χ3v) is 2.34. The van der Waals surface area contributed by atoms with Crippen LogP contribution in [0.2, 0.25) is 0 Å². The SMILES string of the molecule is CCOC(=O)[C@@H](N)Cc1ccc(OC(C)C)cc1. The first-order valence-corrected chi connectivity index (χ1v) is 6.20. The van der Waals surface area contributed by atoms with Crippen molar-refractivity contribution in [3.8, 4) is 5.75 Å². The second kappa shape index (κ2) is 7.01. The van der Waals surface area contributed by atoms with Crippen LogP contribution in [0.3, 0.4) is 0 Å². The van der Waals surface area contributed by atoms with Gasteiger partial charge in [-0.1, -0.05) is 12.1 Å². The quantitative estimate of drug-likeness (QED) is 0.784. The standard InChI is InChI=1S/C14H21NO3/c1-4-17-14(16)13(15)9-11-5-7-12(8-6-11)18-10(2)3/h5-8,10,13H,4,9,15H2,1-3H3/t13-/m0/s1. The normalized spacial score (nSPS) is 12.3. The van der Waals surface area contributed by atoms with Gasteiger partial charge in [0.15, 0.2) is 0 Å². The van der Waals surface area contributed by atoms with Crippen molar-refractivity contribution in [2.45, 2.75) is 39.3 Å². The van der Waals surface area contributed by atoms with Gasteiger partial charge in [-0.15, -0.1) is 0 Å². The number of carbonyl (C=O) groups is 1. The van der Waals surface area contributed by atoms with Gasteiger partial charge in [0.1, 0.15) is 11.8 Å². The summed E-state index contributed by atoms with van der Waals surface area (Å²) in [5, 5.41) is 0. The van der Waals surface area contributed by atoms with E-state index in [1.165, 1.54) is 0 Å². The number of benzene rings is 1. The Kier molecular flexibility index (Phi) is 5.65. The van der Waals surface area contributed by atoms with Crippen LogP contribution in [0, 0.1) is 0 Å². The number of hydrogen-bond acceptors (Lipinski definition) is 4. The van der Waals surface area contributed by atoms with E-state index in [1.807, 2.05) is 38.1 Å². The maximum Gasteiger partial charge on any atom is 0.323 e. The molecule has 4 nitrogen and oxygen atoms in total. The molecule has 1 aromatic rings. The molecule has 2 N–H and O–H groups in total. The van der Waals surface area contributed by atoms with E-state index in [0.717, 1.165) is 11.3 Å². The highest BCUT2D eigenvalue weighted by Crippen LogP contribution is 2.14.